The van der Waals surface area contributed by atoms with E-state index in [0.717, 1.165) is 4.47 Å². The molecule has 1 fully saturated rings. The van der Waals surface area contributed by atoms with Crippen molar-refractivity contribution in [3.63, 3.8) is 0 Å². The van der Waals surface area contributed by atoms with Crippen LogP contribution in [0.2, 0.25) is 0 Å². The molecule has 0 unspecified atom stereocenters. The second-order valence-electron chi connectivity index (χ2n) is 5.23. The predicted octanol–water partition coefficient (Wildman–Crippen LogP) is 2.64. The van der Waals surface area contributed by atoms with Crippen molar-refractivity contribution in [2.45, 2.75) is 0 Å². The molecule has 1 saturated heterocycles. The van der Waals surface area contributed by atoms with Crippen LogP contribution in [-0.2, 0) is 9.59 Å². The molecule has 0 bridgehead atoms. The Morgan fingerprint density at radius 1 is 1.08 bits per heavy atom. The minimum absolute atomic E-state index is 0.0637. The van der Waals surface area contributed by atoms with Gasteiger partial charge in [-0.3, -0.25) is 15.0 Å². The maximum atomic E-state index is 12.6. The highest BCUT2D eigenvalue weighted by atomic mass is 79.9. The van der Waals surface area contributed by atoms with Crippen LogP contribution >= 0.6 is 15.9 Å². The van der Waals surface area contributed by atoms with Crippen LogP contribution in [0.1, 0.15) is 5.56 Å². The number of amides is 2. The minimum atomic E-state index is -0.447. The minimum Gasteiger partial charge on any atom is -0.454 e. The molecular weight excluding hydrogens is 376 g/mol. The molecule has 0 saturated carbocycles. The van der Waals surface area contributed by atoms with E-state index in [-0.39, 0.29) is 12.4 Å². The number of hydrogen-bond donors (Lipinski definition) is 1. The van der Waals surface area contributed by atoms with Gasteiger partial charge in [-0.2, -0.15) is 0 Å². The van der Waals surface area contributed by atoms with E-state index in [2.05, 4.69) is 21.4 Å². The van der Waals surface area contributed by atoms with Gasteiger partial charge in [0.15, 0.2) is 11.5 Å². The number of fused-ring (bicyclic) bond motifs is 1. The summed E-state index contributed by atoms with van der Waals surface area (Å²) in [7, 11) is 0. The van der Waals surface area contributed by atoms with E-state index >= 15 is 0 Å². The molecule has 0 radical (unpaired) electrons. The summed E-state index contributed by atoms with van der Waals surface area (Å²) < 4.78 is 11.4. The predicted molar refractivity (Wildman–Crippen MR) is 90.3 cm³/mol. The lowest BCUT2D eigenvalue weighted by Gasteiger charge is -2.14. The second kappa shape index (κ2) is 5.68. The standard InChI is InChI=1S/C17H11BrN2O4/c18-11-2-1-3-12(8-11)20-17(22)13(16(21)19-20)6-10-4-5-14-15(7-10)24-9-23-14/h1-8H,9H2,(H,19,21)/b13-6+. The average molecular weight is 387 g/mol. The van der Waals surface area contributed by atoms with Crippen molar-refractivity contribution < 1.29 is 19.1 Å². The van der Waals surface area contributed by atoms with E-state index in [4.69, 9.17) is 9.47 Å². The van der Waals surface area contributed by atoms with Crippen molar-refractivity contribution in [3.05, 3.63) is 58.1 Å². The van der Waals surface area contributed by atoms with Crippen molar-refractivity contribution in [2.75, 3.05) is 11.8 Å². The molecule has 2 aromatic carbocycles. The van der Waals surface area contributed by atoms with Crippen LogP contribution in [-0.4, -0.2) is 18.6 Å². The van der Waals surface area contributed by atoms with Gasteiger partial charge in [0.05, 0.1) is 5.69 Å². The first-order chi connectivity index (χ1) is 11.6. The Labute approximate surface area is 145 Å². The molecule has 7 heteroatoms. The van der Waals surface area contributed by atoms with Gasteiger partial charge in [0.25, 0.3) is 11.8 Å². The molecule has 2 aromatic rings. The normalized spacial score (nSPS) is 17.5. The Hall–Kier alpha value is -2.80. The Morgan fingerprint density at radius 2 is 1.92 bits per heavy atom. The zero-order chi connectivity index (χ0) is 16.7. The van der Waals surface area contributed by atoms with Gasteiger partial charge < -0.3 is 9.47 Å². The molecule has 2 aliphatic rings. The molecule has 1 N–H and O–H groups in total. The molecular formula is C17H11BrN2O4. The number of hydrazine groups is 1. The molecule has 0 aliphatic carbocycles. The third kappa shape index (κ3) is 2.52. The summed E-state index contributed by atoms with van der Waals surface area (Å²) in [5.74, 6) is 0.391. The summed E-state index contributed by atoms with van der Waals surface area (Å²) in [6.07, 6.45) is 1.54. The fraction of sp³-hybridized carbons (Fsp3) is 0.0588. The maximum Gasteiger partial charge on any atom is 0.282 e. The van der Waals surface area contributed by atoms with Crippen LogP contribution in [0.25, 0.3) is 6.08 Å². The van der Waals surface area contributed by atoms with Crippen molar-refractivity contribution in [1.82, 2.24) is 5.43 Å². The topological polar surface area (TPSA) is 67.9 Å². The molecule has 0 aromatic heterocycles. The number of anilines is 1. The quantitative estimate of drug-likeness (QED) is 0.636. The molecule has 4 rings (SSSR count). The highest BCUT2D eigenvalue weighted by Gasteiger charge is 2.34. The lowest BCUT2D eigenvalue weighted by molar-refractivity contribution is -0.117. The van der Waals surface area contributed by atoms with E-state index in [0.29, 0.717) is 22.7 Å². The van der Waals surface area contributed by atoms with Crippen LogP contribution in [0.5, 0.6) is 11.5 Å². The van der Waals surface area contributed by atoms with Gasteiger partial charge in [0, 0.05) is 4.47 Å². The lowest BCUT2D eigenvalue weighted by Crippen LogP contribution is -2.35. The Bertz CT molecular complexity index is 894. The number of benzene rings is 2. The van der Waals surface area contributed by atoms with Crippen LogP contribution < -0.4 is 19.9 Å². The van der Waals surface area contributed by atoms with Gasteiger partial charge in [0.1, 0.15) is 5.57 Å². The lowest BCUT2D eigenvalue weighted by atomic mass is 10.1. The van der Waals surface area contributed by atoms with E-state index in [1.165, 1.54) is 11.1 Å². The van der Waals surface area contributed by atoms with E-state index < -0.39 is 11.8 Å². The number of carbonyl (C=O) groups excluding carboxylic acids is 2. The molecule has 0 spiro atoms. The van der Waals surface area contributed by atoms with Crippen LogP contribution in [0, 0.1) is 0 Å². The number of nitrogens with zero attached hydrogens (tertiary/aromatic N) is 1. The van der Waals surface area contributed by atoms with E-state index in [9.17, 15) is 9.59 Å². The number of hydrogen-bond acceptors (Lipinski definition) is 4. The number of ether oxygens (including phenoxy) is 2. The zero-order valence-corrected chi connectivity index (χ0v) is 13.9. The van der Waals surface area contributed by atoms with Crippen molar-refractivity contribution in [2.24, 2.45) is 0 Å². The van der Waals surface area contributed by atoms with Crippen LogP contribution in [0.4, 0.5) is 5.69 Å². The molecule has 2 aliphatic heterocycles. The van der Waals surface area contributed by atoms with Crippen LogP contribution in [0.3, 0.4) is 0 Å². The summed E-state index contributed by atoms with van der Waals surface area (Å²) >= 11 is 3.35. The maximum absolute atomic E-state index is 12.6. The fourth-order valence-electron chi connectivity index (χ4n) is 2.52. The summed E-state index contributed by atoms with van der Waals surface area (Å²) in [5.41, 5.74) is 3.90. The number of halogens is 1. The zero-order valence-electron chi connectivity index (χ0n) is 12.3. The van der Waals surface area contributed by atoms with Crippen molar-refractivity contribution in [1.29, 1.82) is 0 Å². The highest BCUT2D eigenvalue weighted by molar-refractivity contribution is 9.10. The average Bonchev–Trinajstić information content (AvgIpc) is 3.14. The van der Waals surface area contributed by atoms with E-state index in [1.807, 2.05) is 6.07 Å². The number of carbonyl (C=O) groups is 2. The van der Waals surface area contributed by atoms with Gasteiger partial charge in [-0.25, -0.2) is 5.01 Å². The van der Waals surface area contributed by atoms with Gasteiger partial charge in [0.2, 0.25) is 6.79 Å². The molecule has 0 atom stereocenters. The molecule has 2 heterocycles. The Morgan fingerprint density at radius 3 is 2.75 bits per heavy atom. The summed E-state index contributed by atoms with van der Waals surface area (Å²) in [5, 5.41) is 1.23. The largest absolute Gasteiger partial charge is 0.454 e. The summed E-state index contributed by atoms with van der Waals surface area (Å²) in [6.45, 7) is 0.172. The first-order valence-electron chi connectivity index (χ1n) is 7.14. The smallest absolute Gasteiger partial charge is 0.282 e. The SMILES string of the molecule is O=C1NN(c2cccc(Br)c2)C(=O)/C1=C/c1ccc2c(c1)OCO2. The van der Waals surface area contributed by atoms with Gasteiger partial charge in [-0.1, -0.05) is 28.1 Å². The monoisotopic (exact) mass is 386 g/mol. The third-order valence-electron chi connectivity index (χ3n) is 3.67. The van der Waals surface area contributed by atoms with Crippen molar-refractivity contribution in [3.8, 4) is 11.5 Å². The van der Waals surface area contributed by atoms with E-state index in [1.54, 1.807) is 36.4 Å². The molecule has 24 heavy (non-hydrogen) atoms. The highest BCUT2D eigenvalue weighted by Crippen LogP contribution is 2.33. The Balaban J connectivity index is 1.66. The first kappa shape index (κ1) is 14.8. The van der Waals surface area contributed by atoms with Gasteiger partial charge in [-0.15, -0.1) is 0 Å². The molecule has 2 amide bonds. The summed E-state index contributed by atoms with van der Waals surface area (Å²) in [6, 6.07) is 12.4. The Kier molecular flexibility index (Phi) is 3.50. The fourth-order valence-corrected chi connectivity index (χ4v) is 2.91. The molecule has 6 nitrogen and oxygen atoms in total. The second-order valence-corrected chi connectivity index (χ2v) is 6.15. The third-order valence-corrected chi connectivity index (χ3v) is 4.16. The molecule has 120 valence electrons. The van der Waals surface area contributed by atoms with Gasteiger partial charge >= 0.3 is 0 Å². The van der Waals surface area contributed by atoms with Crippen molar-refractivity contribution >= 4 is 39.5 Å². The van der Waals surface area contributed by atoms with Gasteiger partial charge in [-0.05, 0) is 42.0 Å². The number of nitrogens with one attached hydrogen (secondary N) is 1. The number of rotatable bonds is 2. The summed E-state index contributed by atoms with van der Waals surface area (Å²) in [4.78, 5) is 24.8. The first-order valence-corrected chi connectivity index (χ1v) is 7.93. The van der Waals surface area contributed by atoms with Crippen LogP contribution in [0.15, 0.2) is 52.5 Å².